The summed E-state index contributed by atoms with van der Waals surface area (Å²) in [5, 5.41) is 2.99. The molecule has 8 nitrogen and oxygen atoms in total. The largest absolute Gasteiger partial charge is 0.464 e. The number of para-hydroxylation sites is 1. The fraction of sp³-hybridized carbons (Fsp3) is 0.368. The molecule has 1 amide bonds. The topological polar surface area (TPSA) is 115 Å². The van der Waals surface area contributed by atoms with Crippen molar-refractivity contribution in [2.75, 3.05) is 13.2 Å². The van der Waals surface area contributed by atoms with E-state index in [-0.39, 0.29) is 13.2 Å². The molecule has 0 saturated heterocycles. The van der Waals surface area contributed by atoms with Gasteiger partial charge < -0.3 is 19.8 Å². The van der Waals surface area contributed by atoms with Crippen molar-refractivity contribution in [1.82, 2.24) is 10.3 Å². The maximum absolute atomic E-state index is 12.9. The summed E-state index contributed by atoms with van der Waals surface area (Å²) in [4.78, 5) is 51.4. The minimum atomic E-state index is -2.21. The first kappa shape index (κ1) is 21.6. The zero-order chi connectivity index (χ0) is 20.9. The Kier molecular flexibility index (Phi) is 6.95. The van der Waals surface area contributed by atoms with Gasteiger partial charge in [-0.2, -0.15) is 0 Å². The van der Waals surface area contributed by atoms with Crippen molar-refractivity contribution in [3.8, 4) is 0 Å². The fourth-order valence-electron chi connectivity index (χ4n) is 2.90. The number of fused-ring (bicyclic) bond motifs is 1. The first-order valence-corrected chi connectivity index (χ1v) is 9.58. The molecule has 0 spiro atoms. The van der Waals surface area contributed by atoms with Crippen LogP contribution in [0.2, 0.25) is 0 Å². The molecule has 0 saturated carbocycles. The van der Waals surface area contributed by atoms with Gasteiger partial charge in [0.05, 0.1) is 18.0 Å². The maximum Gasteiger partial charge on any atom is 0.345 e. The van der Waals surface area contributed by atoms with Crippen LogP contribution < -0.4 is 10.9 Å². The number of alkyl halides is 1. The number of rotatable bonds is 7. The number of pyridine rings is 1. The SMILES string of the molecule is CCOC(=O)C(NC(C)=O)(C(=O)OCC)C(Br)c1cc(=O)[nH]c2ccccc12. The minimum Gasteiger partial charge on any atom is -0.464 e. The number of hydrogen-bond acceptors (Lipinski definition) is 6. The van der Waals surface area contributed by atoms with Crippen LogP contribution in [0, 0.1) is 0 Å². The molecule has 1 unspecified atom stereocenters. The molecule has 2 N–H and O–H groups in total. The highest BCUT2D eigenvalue weighted by Gasteiger charge is 2.56. The van der Waals surface area contributed by atoms with Crippen LogP contribution in [-0.2, 0) is 23.9 Å². The highest BCUT2D eigenvalue weighted by atomic mass is 79.9. The third-order valence-electron chi connectivity index (χ3n) is 4.00. The molecule has 0 aliphatic heterocycles. The summed E-state index contributed by atoms with van der Waals surface area (Å²) in [7, 11) is 0. The Balaban J connectivity index is 2.78. The second kappa shape index (κ2) is 9.01. The van der Waals surface area contributed by atoms with Gasteiger partial charge in [-0.3, -0.25) is 9.59 Å². The van der Waals surface area contributed by atoms with Crippen LogP contribution in [0.4, 0.5) is 0 Å². The molecule has 0 fully saturated rings. The summed E-state index contributed by atoms with van der Waals surface area (Å²) >= 11 is 3.37. The molecule has 28 heavy (non-hydrogen) atoms. The number of hydrogen-bond donors (Lipinski definition) is 2. The van der Waals surface area contributed by atoms with Gasteiger partial charge in [0.25, 0.3) is 5.54 Å². The number of esters is 2. The Bertz CT molecular complexity index is 937. The number of carbonyl (C=O) groups excluding carboxylic acids is 3. The third-order valence-corrected chi connectivity index (χ3v) is 5.18. The van der Waals surface area contributed by atoms with Crippen LogP contribution in [0.15, 0.2) is 35.1 Å². The molecule has 150 valence electrons. The summed E-state index contributed by atoms with van der Waals surface area (Å²) in [6.07, 6.45) is 0. The van der Waals surface area contributed by atoms with E-state index in [9.17, 15) is 19.2 Å². The quantitative estimate of drug-likeness (QED) is 0.377. The van der Waals surface area contributed by atoms with Crippen LogP contribution in [0.25, 0.3) is 10.9 Å². The smallest absolute Gasteiger partial charge is 0.345 e. The Morgan fingerprint density at radius 1 is 1.14 bits per heavy atom. The van der Waals surface area contributed by atoms with Gasteiger partial charge in [-0.1, -0.05) is 34.1 Å². The van der Waals surface area contributed by atoms with E-state index < -0.39 is 33.8 Å². The van der Waals surface area contributed by atoms with Crippen LogP contribution in [0.5, 0.6) is 0 Å². The van der Waals surface area contributed by atoms with Gasteiger partial charge >= 0.3 is 11.9 Å². The molecule has 9 heteroatoms. The molecular weight excluding hydrogens is 432 g/mol. The van der Waals surface area contributed by atoms with Crippen molar-refractivity contribution in [2.24, 2.45) is 0 Å². The number of benzene rings is 1. The number of aromatic nitrogens is 1. The van der Waals surface area contributed by atoms with E-state index in [0.717, 1.165) is 0 Å². The second-order valence-electron chi connectivity index (χ2n) is 5.93. The summed E-state index contributed by atoms with van der Waals surface area (Å²) < 4.78 is 10.2. The number of ether oxygens (including phenoxy) is 2. The molecule has 1 aromatic heterocycles. The summed E-state index contributed by atoms with van der Waals surface area (Å²) in [6.45, 7) is 4.29. The van der Waals surface area contributed by atoms with Crippen LogP contribution in [-0.4, -0.2) is 41.6 Å². The van der Waals surface area contributed by atoms with Crippen molar-refractivity contribution in [1.29, 1.82) is 0 Å². The van der Waals surface area contributed by atoms with Gasteiger partial charge in [0.1, 0.15) is 0 Å². The maximum atomic E-state index is 12.9. The Hall–Kier alpha value is -2.68. The van der Waals surface area contributed by atoms with E-state index in [2.05, 4.69) is 26.2 Å². The fourth-order valence-corrected chi connectivity index (χ4v) is 3.76. The lowest BCUT2D eigenvalue weighted by molar-refractivity contribution is -0.168. The third kappa shape index (κ3) is 4.09. The van der Waals surface area contributed by atoms with Gasteiger partial charge in [0, 0.05) is 23.9 Å². The van der Waals surface area contributed by atoms with Crippen molar-refractivity contribution in [2.45, 2.75) is 31.1 Å². The van der Waals surface area contributed by atoms with Gasteiger partial charge in [-0.15, -0.1) is 0 Å². The molecule has 1 heterocycles. The number of carbonyl (C=O) groups is 3. The molecular formula is C19H21BrN2O6. The first-order chi connectivity index (χ1) is 13.3. The van der Waals surface area contributed by atoms with Crippen LogP contribution in [0.1, 0.15) is 31.2 Å². The lowest BCUT2D eigenvalue weighted by Gasteiger charge is -2.34. The van der Waals surface area contributed by atoms with Crippen LogP contribution >= 0.6 is 15.9 Å². The van der Waals surface area contributed by atoms with Crippen LogP contribution in [0.3, 0.4) is 0 Å². The van der Waals surface area contributed by atoms with E-state index >= 15 is 0 Å². The second-order valence-corrected chi connectivity index (χ2v) is 6.84. The zero-order valence-electron chi connectivity index (χ0n) is 15.7. The zero-order valence-corrected chi connectivity index (χ0v) is 17.3. The number of amides is 1. The van der Waals surface area contributed by atoms with Crippen molar-refractivity contribution in [3.05, 3.63) is 46.2 Å². The Morgan fingerprint density at radius 3 is 2.25 bits per heavy atom. The van der Waals surface area contributed by atoms with Gasteiger partial charge in [-0.05, 0) is 25.5 Å². The van der Waals surface area contributed by atoms with E-state index in [4.69, 9.17) is 9.47 Å². The van der Waals surface area contributed by atoms with Crippen molar-refractivity contribution < 1.29 is 23.9 Å². The molecule has 0 aliphatic rings. The summed E-state index contributed by atoms with van der Waals surface area (Å²) in [6, 6.07) is 8.16. The van der Waals surface area contributed by atoms with Gasteiger partial charge in [0.15, 0.2) is 0 Å². The molecule has 0 aliphatic carbocycles. The van der Waals surface area contributed by atoms with Crippen molar-refractivity contribution >= 4 is 44.7 Å². The average Bonchev–Trinajstić information content (AvgIpc) is 2.64. The molecule has 2 aromatic rings. The van der Waals surface area contributed by atoms with Crippen molar-refractivity contribution in [3.63, 3.8) is 0 Å². The molecule has 2 rings (SSSR count). The number of nitrogens with one attached hydrogen (secondary N) is 2. The minimum absolute atomic E-state index is 0.0184. The van der Waals surface area contributed by atoms with E-state index in [1.165, 1.54) is 13.0 Å². The van der Waals surface area contributed by atoms with E-state index in [1.54, 1.807) is 38.1 Å². The Morgan fingerprint density at radius 2 is 1.71 bits per heavy atom. The van der Waals surface area contributed by atoms with E-state index in [1.807, 2.05) is 0 Å². The number of halogens is 1. The number of aromatic amines is 1. The molecule has 1 aromatic carbocycles. The first-order valence-electron chi connectivity index (χ1n) is 8.67. The molecule has 0 bridgehead atoms. The molecule has 0 radical (unpaired) electrons. The predicted molar refractivity (Wildman–Crippen MR) is 106 cm³/mol. The average molecular weight is 453 g/mol. The lowest BCUT2D eigenvalue weighted by Crippen LogP contribution is -2.63. The number of H-pyrrole nitrogens is 1. The molecule has 1 atom stereocenters. The predicted octanol–water partition coefficient (Wildman–Crippen LogP) is 1.97. The monoisotopic (exact) mass is 452 g/mol. The standard InChI is InChI=1S/C19H21BrN2O6/c1-4-27-17(25)19(22-11(3)23,18(26)28-5-2)16(20)13-10-15(24)21-14-9-7-6-8-12(13)14/h6-10,16H,4-5H2,1-3H3,(H,21,24)(H,22,23). The summed E-state index contributed by atoms with van der Waals surface area (Å²) in [5.41, 5.74) is -1.80. The highest BCUT2D eigenvalue weighted by Crippen LogP contribution is 2.39. The summed E-state index contributed by atoms with van der Waals surface area (Å²) in [5.74, 6) is -2.62. The van der Waals surface area contributed by atoms with Gasteiger partial charge in [0.2, 0.25) is 11.5 Å². The normalized spacial score (nSPS) is 12.3. The van der Waals surface area contributed by atoms with E-state index in [0.29, 0.717) is 16.5 Å². The lowest BCUT2D eigenvalue weighted by atomic mass is 9.88. The Labute approximate surface area is 169 Å². The van der Waals surface area contributed by atoms with Gasteiger partial charge in [-0.25, -0.2) is 9.59 Å². The highest BCUT2D eigenvalue weighted by molar-refractivity contribution is 9.09.